The van der Waals surface area contributed by atoms with Crippen LogP contribution in [-0.2, 0) is 25.7 Å². The number of methoxy groups -OCH3 is 1. The lowest BCUT2D eigenvalue weighted by Crippen LogP contribution is -2.48. The molecule has 10 nitrogen and oxygen atoms in total. The Kier molecular flexibility index (Phi) is 8.29. The van der Waals surface area contributed by atoms with Crippen molar-refractivity contribution >= 4 is 33.7 Å². The van der Waals surface area contributed by atoms with Crippen molar-refractivity contribution in [2.24, 2.45) is 5.92 Å². The van der Waals surface area contributed by atoms with E-state index in [-0.39, 0.29) is 31.7 Å². The van der Waals surface area contributed by atoms with Gasteiger partial charge >= 0.3 is 5.97 Å². The lowest BCUT2D eigenvalue weighted by atomic mass is 10.0. The smallest absolute Gasteiger partial charge is 0.325 e. The molecule has 2 aromatic carbocycles. The van der Waals surface area contributed by atoms with Gasteiger partial charge in [0.1, 0.15) is 18.2 Å². The SMILES string of the molecule is COc1cc(Br)cc2c1OC(C(C)C)C(=O)N(Cc1ccc3c(c1)OCO3)C2C(=O)NCC(=O)OC(C)(C)C. The van der Waals surface area contributed by atoms with Crippen LogP contribution in [-0.4, -0.2) is 54.8 Å². The van der Waals surface area contributed by atoms with Crippen LogP contribution >= 0.6 is 15.9 Å². The van der Waals surface area contributed by atoms with Crippen LogP contribution in [0, 0.1) is 5.92 Å². The molecule has 0 saturated carbocycles. The zero-order valence-electron chi connectivity index (χ0n) is 22.8. The first-order valence-electron chi connectivity index (χ1n) is 12.6. The number of amides is 2. The summed E-state index contributed by atoms with van der Waals surface area (Å²) < 4.78 is 28.8. The van der Waals surface area contributed by atoms with Crippen LogP contribution in [0.25, 0.3) is 0 Å². The van der Waals surface area contributed by atoms with E-state index >= 15 is 0 Å². The van der Waals surface area contributed by atoms with Gasteiger partial charge in [0.25, 0.3) is 5.91 Å². The molecule has 39 heavy (non-hydrogen) atoms. The van der Waals surface area contributed by atoms with E-state index in [1.165, 1.54) is 12.0 Å². The number of ether oxygens (including phenoxy) is 5. The number of nitrogens with one attached hydrogen (secondary N) is 1. The van der Waals surface area contributed by atoms with Crippen LogP contribution in [0.15, 0.2) is 34.8 Å². The molecule has 0 aliphatic carbocycles. The number of rotatable bonds is 7. The van der Waals surface area contributed by atoms with E-state index in [1.807, 2.05) is 19.9 Å². The molecule has 2 aliphatic rings. The third-order valence-electron chi connectivity index (χ3n) is 6.12. The lowest BCUT2D eigenvalue weighted by molar-refractivity contribution is -0.155. The van der Waals surface area contributed by atoms with Crippen molar-refractivity contribution < 1.29 is 38.1 Å². The van der Waals surface area contributed by atoms with E-state index in [4.69, 9.17) is 23.7 Å². The average Bonchev–Trinajstić information content (AvgIpc) is 3.28. The second-order valence-corrected chi connectivity index (χ2v) is 11.6. The number of carbonyl (C=O) groups is 3. The molecule has 210 valence electrons. The first-order valence-corrected chi connectivity index (χ1v) is 13.4. The predicted molar refractivity (Wildman–Crippen MR) is 145 cm³/mol. The molecule has 2 amide bonds. The molecular weight excluding hydrogens is 572 g/mol. The minimum atomic E-state index is -1.14. The van der Waals surface area contributed by atoms with Crippen LogP contribution in [0.2, 0.25) is 0 Å². The van der Waals surface area contributed by atoms with Crippen molar-refractivity contribution in [3.05, 3.63) is 45.9 Å². The van der Waals surface area contributed by atoms with Gasteiger partial charge in [-0.25, -0.2) is 0 Å². The zero-order chi connectivity index (χ0) is 28.5. The fourth-order valence-electron chi connectivity index (χ4n) is 4.45. The molecule has 2 unspecified atom stereocenters. The molecule has 2 heterocycles. The van der Waals surface area contributed by atoms with Crippen LogP contribution < -0.4 is 24.3 Å². The second-order valence-electron chi connectivity index (χ2n) is 10.7. The van der Waals surface area contributed by atoms with Crippen molar-refractivity contribution in [3.63, 3.8) is 0 Å². The quantitative estimate of drug-likeness (QED) is 0.469. The van der Waals surface area contributed by atoms with Crippen molar-refractivity contribution in [1.29, 1.82) is 0 Å². The molecule has 2 aliphatic heterocycles. The molecule has 0 aromatic heterocycles. The summed E-state index contributed by atoms with van der Waals surface area (Å²) in [6.07, 6.45) is -0.892. The first kappa shape index (κ1) is 28.5. The van der Waals surface area contributed by atoms with Gasteiger partial charge in [-0.15, -0.1) is 0 Å². The summed E-state index contributed by atoms with van der Waals surface area (Å²) in [5, 5.41) is 2.66. The average molecular weight is 605 g/mol. The molecule has 0 spiro atoms. The second kappa shape index (κ2) is 11.3. The van der Waals surface area contributed by atoms with E-state index in [0.29, 0.717) is 33.0 Å². The van der Waals surface area contributed by atoms with Crippen LogP contribution in [0.5, 0.6) is 23.0 Å². The molecular formula is C28H33BrN2O8. The van der Waals surface area contributed by atoms with Gasteiger partial charge in [-0.2, -0.15) is 0 Å². The number of benzene rings is 2. The maximum absolute atomic E-state index is 14.0. The number of nitrogens with zero attached hydrogens (tertiary/aromatic N) is 1. The number of hydrogen-bond acceptors (Lipinski definition) is 8. The van der Waals surface area contributed by atoms with Crippen molar-refractivity contribution in [2.75, 3.05) is 20.4 Å². The highest BCUT2D eigenvalue weighted by Gasteiger charge is 2.43. The van der Waals surface area contributed by atoms with Gasteiger partial charge in [0, 0.05) is 16.6 Å². The summed E-state index contributed by atoms with van der Waals surface area (Å²) in [5.74, 6) is 0.0602. The topological polar surface area (TPSA) is 113 Å². The molecule has 0 bridgehead atoms. The molecule has 2 aromatic rings. The Morgan fingerprint density at radius 2 is 1.87 bits per heavy atom. The number of esters is 1. The Bertz CT molecular complexity index is 1270. The Morgan fingerprint density at radius 3 is 2.54 bits per heavy atom. The summed E-state index contributed by atoms with van der Waals surface area (Å²) >= 11 is 3.48. The Balaban J connectivity index is 1.78. The summed E-state index contributed by atoms with van der Waals surface area (Å²) in [7, 11) is 1.49. The Labute approximate surface area is 236 Å². The maximum atomic E-state index is 14.0. The van der Waals surface area contributed by atoms with E-state index in [2.05, 4.69) is 21.2 Å². The summed E-state index contributed by atoms with van der Waals surface area (Å²) in [5.41, 5.74) is 0.430. The lowest BCUT2D eigenvalue weighted by Gasteiger charge is -2.31. The standard InChI is InChI=1S/C28H33BrN2O8/c1-15(2)24-27(34)31(13-16-7-8-19-20(9-16)37-14-36-19)23(26(33)30-12-22(32)39-28(3,4)5)18-10-17(29)11-21(35-6)25(18)38-24/h7-11,15,23-24H,12-14H2,1-6H3,(H,30,33). The minimum absolute atomic E-state index is 0.0703. The minimum Gasteiger partial charge on any atom is -0.493 e. The van der Waals surface area contributed by atoms with Crippen molar-refractivity contribution in [1.82, 2.24) is 10.2 Å². The number of carbonyl (C=O) groups excluding carboxylic acids is 3. The van der Waals surface area contributed by atoms with Crippen molar-refractivity contribution in [2.45, 2.75) is 58.9 Å². The van der Waals surface area contributed by atoms with Crippen LogP contribution in [0.3, 0.4) is 0 Å². The van der Waals surface area contributed by atoms with Gasteiger partial charge in [0.05, 0.1) is 7.11 Å². The molecule has 1 N–H and O–H groups in total. The zero-order valence-corrected chi connectivity index (χ0v) is 24.4. The molecule has 0 fully saturated rings. The Morgan fingerprint density at radius 1 is 1.15 bits per heavy atom. The van der Waals surface area contributed by atoms with Crippen molar-refractivity contribution in [3.8, 4) is 23.0 Å². The highest BCUT2D eigenvalue weighted by atomic mass is 79.9. The first-order chi connectivity index (χ1) is 18.4. The van der Waals surface area contributed by atoms with E-state index in [1.54, 1.807) is 45.0 Å². The summed E-state index contributed by atoms with van der Waals surface area (Å²) in [4.78, 5) is 41.7. The normalized spacial score (nSPS) is 18.3. The van der Waals surface area contributed by atoms with E-state index in [0.717, 1.165) is 5.56 Å². The Hall–Kier alpha value is -3.47. The number of fused-ring (bicyclic) bond motifs is 2. The van der Waals surface area contributed by atoms with Gasteiger partial charge in [-0.05, 0) is 56.5 Å². The highest BCUT2D eigenvalue weighted by Crippen LogP contribution is 2.44. The number of hydrogen-bond donors (Lipinski definition) is 1. The van der Waals surface area contributed by atoms with Crippen LogP contribution in [0.4, 0.5) is 0 Å². The predicted octanol–water partition coefficient (Wildman–Crippen LogP) is 4.13. The van der Waals surface area contributed by atoms with Gasteiger partial charge in [0.15, 0.2) is 29.1 Å². The van der Waals surface area contributed by atoms with Gasteiger partial charge in [-0.3, -0.25) is 14.4 Å². The fourth-order valence-corrected chi connectivity index (χ4v) is 4.90. The third-order valence-corrected chi connectivity index (χ3v) is 6.57. The van der Waals surface area contributed by atoms with E-state index < -0.39 is 29.6 Å². The molecule has 11 heteroatoms. The molecule has 0 radical (unpaired) electrons. The monoisotopic (exact) mass is 604 g/mol. The third kappa shape index (κ3) is 6.41. The maximum Gasteiger partial charge on any atom is 0.325 e. The van der Waals surface area contributed by atoms with E-state index in [9.17, 15) is 14.4 Å². The molecule has 0 saturated heterocycles. The van der Waals surface area contributed by atoms with Gasteiger partial charge < -0.3 is 33.9 Å². The van der Waals surface area contributed by atoms with Gasteiger partial charge in [0.2, 0.25) is 12.7 Å². The summed E-state index contributed by atoms with van der Waals surface area (Å²) in [6.45, 7) is 8.79. The largest absolute Gasteiger partial charge is 0.493 e. The fraction of sp³-hybridized carbons (Fsp3) is 0.464. The van der Waals surface area contributed by atoms with Crippen LogP contribution in [0.1, 0.15) is 51.8 Å². The summed E-state index contributed by atoms with van der Waals surface area (Å²) in [6, 6.07) is 7.65. The highest BCUT2D eigenvalue weighted by molar-refractivity contribution is 9.10. The molecule has 4 rings (SSSR count). The number of halogens is 1. The molecule has 2 atom stereocenters. The van der Waals surface area contributed by atoms with Gasteiger partial charge in [-0.1, -0.05) is 35.8 Å².